The van der Waals surface area contributed by atoms with Gasteiger partial charge in [0.15, 0.2) is 11.5 Å². The minimum atomic E-state index is -0.846. The number of ether oxygens (including phenoxy) is 2. The van der Waals surface area contributed by atoms with Crippen molar-refractivity contribution in [3.63, 3.8) is 0 Å². The number of benzene rings is 2. The van der Waals surface area contributed by atoms with Crippen molar-refractivity contribution in [1.82, 2.24) is 10.2 Å². The number of carbonyl (C=O) groups is 2. The Kier molecular flexibility index (Phi) is 5.57. The number of Topliss-reactive ketones (excluding diaryl/α,β-unsaturated/α-hetero) is 1. The second-order valence-corrected chi connectivity index (χ2v) is 9.61. The van der Waals surface area contributed by atoms with Gasteiger partial charge in [0, 0.05) is 5.56 Å². The molecule has 174 valence electrons. The molecule has 8 nitrogen and oxygen atoms in total. The standard InChI is InChI=1S/C25H23N3O5S/c1-13(2)15-4-6-16(7-5-15)21-20(23(30)24(31)28(21)25-27-26-14(3)34-25)22(29)17-8-9-18-19(12-17)33-11-10-32-18/h4-9,12-13,21,29H,10-11H2,1-3H3/b22-20+. The van der Waals surface area contributed by atoms with Crippen molar-refractivity contribution in [3.05, 3.63) is 69.7 Å². The minimum absolute atomic E-state index is 0.00757. The molecule has 1 unspecified atom stereocenters. The van der Waals surface area contributed by atoms with Crippen LogP contribution in [0, 0.1) is 6.92 Å². The SMILES string of the molecule is Cc1nnc(N2C(=O)C(=O)/C(=C(/O)c3ccc4c(c3)OCCO4)C2c2ccc(C(C)C)cc2)s1. The molecule has 2 aromatic carbocycles. The van der Waals surface area contributed by atoms with Gasteiger partial charge in [0.25, 0.3) is 5.78 Å². The summed E-state index contributed by atoms with van der Waals surface area (Å²) in [6.07, 6.45) is 0. The van der Waals surface area contributed by atoms with Crippen LogP contribution in [0.15, 0.2) is 48.0 Å². The molecule has 0 spiro atoms. The topological polar surface area (TPSA) is 102 Å². The van der Waals surface area contributed by atoms with Gasteiger partial charge in [-0.25, -0.2) is 0 Å². The maximum absolute atomic E-state index is 13.2. The third-order valence-electron chi connectivity index (χ3n) is 5.90. The highest BCUT2D eigenvalue weighted by molar-refractivity contribution is 7.15. The van der Waals surface area contributed by atoms with E-state index in [1.165, 1.54) is 16.2 Å². The van der Waals surface area contributed by atoms with Crippen molar-refractivity contribution in [2.45, 2.75) is 32.7 Å². The summed E-state index contributed by atoms with van der Waals surface area (Å²) < 4.78 is 11.2. The van der Waals surface area contributed by atoms with Crippen LogP contribution < -0.4 is 14.4 Å². The lowest BCUT2D eigenvalue weighted by atomic mass is 9.93. The molecule has 1 atom stereocenters. The molecule has 1 amide bonds. The van der Waals surface area contributed by atoms with Gasteiger partial charge in [0.1, 0.15) is 24.0 Å². The average Bonchev–Trinajstić information content (AvgIpc) is 3.38. The summed E-state index contributed by atoms with van der Waals surface area (Å²) in [6.45, 7) is 6.79. The Balaban J connectivity index is 1.67. The van der Waals surface area contributed by atoms with Gasteiger partial charge in [-0.1, -0.05) is 49.4 Å². The van der Waals surface area contributed by atoms with E-state index in [9.17, 15) is 14.7 Å². The molecule has 2 aliphatic heterocycles. The number of aryl methyl sites for hydroxylation is 1. The molecule has 9 heteroatoms. The molecule has 0 bridgehead atoms. The molecule has 5 rings (SSSR count). The van der Waals surface area contributed by atoms with E-state index in [2.05, 4.69) is 24.0 Å². The lowest BCUT2D eigenvalue weighted by Gasteiger charge is -2.23. The van der Waals surface area contributed by atoms with E-state index in [0.29, 0.717) is 51.9 Å². The molecule has 1 N–H and O–H groups in total. The first-order valence-electron chi connectivity index (χ1n) is 11.0. The van der Waals surface area contributed by atoms with Crippen molar-refractivity contribution in [2.75, 3.05) is 18.1 Å². The molecular weight excluding hydrogens is 454 g/mol. The first-order chi connectivity index (χ1) is 16.3. The Labute approximate surface area is 200 Å². The van der Waals surface area contributed by atoms with Crippen LogP contribution in [0.3, 0.4) is 0 Å². The minimum Gasteiger partial charge on any atom is -0.507 e. The Bertz CT molecular complexity index is 1310. The van der Waals surface area contributed by atoms with Gasteiger partial charge in [0.2, 0.25) is 5.13 Å². The van der Waals surface area contributed by atoms with Crippen LogP contribution in [0.1, 0.15) is 47.5 Å². The van der Waals surface area contributed by atoms with Crippen molar-refractivity contribution in [3.8, 4) is 11.5 Å². The number of fused-ring (bicyclic) bond motifs is 1. The van der Waals surface area contributed by atoms with E-state index in [0.717, 1.165) is 5.56 Å². The fraction of sp³-hybridized carbons (Fsp3) is 0.280. The van der Waals surface area contributed by atoms with Crippen LogP contribution in [-0.4, -0.2) is 40.2 Å². The summed E-state index contributed by atoms with van der Waals surface area (Å²) in [7, 11) is 0. The number of aromatic nitrogens is 2. The second-order valence-electron chi connectivity index (χ2n) is 8.45. The number of aliphatic hydroxyl groups is 1. The van der Waals surface area contributed by atoms with Gasteiger partial charge in [-0.15, -0.1) is 10.2 Å². The zero-order valence-corrected chi connectivity index (χ0v) is 19.8. The van der Waals surface area contributed by atoms with Crippen LogP contribution in [-0.2, 0) is 9.59 Å². The quantitative estimate of drug-likeness (QED) is 0.338. The zero-order valence-electron chi connectivity index (χ0n) is 18.9. The highest BCUT2D eigenvalue weighted by Gasteiger charge is 2.48. The van der Waals surface area contributed by atoms with Crippen LogP contribution >= 0.6 is 11.3 Å². The largest absolute Gasteiger partial charge is 0.507 e. The fourth-order valence-corrected chi connectivity index (χ4v) is 4.85. The molecular formula is C25H23N3O5S. The monoisotopic (exact) mass is 477 g/mol. The zero-order chi connectivity index (χ0) is 24.0. The van der Waals surface area contributed by atoms with Crippen molar-refractivity contribution < 1.29 is 24.2 Å². The summed E-state index contributed by atoms with van der Waals surface area (Å²) in [4.78, 5) is 27.7. The number of hydrogen-bond acceptors (Lipinski definition) is 8. The Hall–Kier alpha value is -3.72. The van der Waals surface area contributed by atoms with Crippen LogP contribution in [0.5, 0.6) is 11.5 Å². The molecule has 0 aliphatic carbocycles. The fourth-order valence-electron chi connectivity index (χ4n) is 4.14. The third kappa shape index (κ3) is 3.71. The summed E-state index contributed by atoms with van der Waals surface area (Å²) in [5.74, 6) is -0.456. The smallest absolute Gasteiger partial charge is 0.301 e. The second kappa shape index (κ2) is 8.57. The maximum atomic E-state index is 13.2. The van der Waals surface area contributed by atoms with Gasteiger partial charge in [-0.2, -0.15) is 0 Å². The number of rotatable bonds is 4. The summed E-state index contributed by atoms with van der Waals surface area (Å²) >= 11 is 1.22. The van der Waals surface area contributed by atoms with Gasteiger partial charge in [0.05, 0.1) is 11.6 Å². The van der Waals surface area contributed by atoms with E-state index < -0.39 is 17.7 Å². The van der Waals surface area contributed by atoms with E-state index in [-0.39, 0.29) is 11.3 Å². The summed E-state index contributed by atoms with van der Waals surface area (Å²) in [6, 6.07) is 11.8. The lowest BCUT2D eigenvalue weighted by molar-refractivity contribution is -0.132. The molecule has 1 fully saturated rings. The molecule has 3 heterocycles. The summed E-state index contributed by atoms with van der Waals surface area (Å²) in [5.41, 5.74) is 2.17. The molecule has 3 aromatic rings. The first kappa shape index (κ1) is 22.1. The van der Waals surface area contributed by atoms with Crippen molar-refractivity contribution in [2.24, 2.45) is 0 Å². The predicted molar refractivity (Wildman–Crippen MR) is 127 cm³/mol. The van der Waals surface area contributed by atoms with Crippen molar-refractivity contribution in [1.29, 1.82) is 0 Å². The highest BCUT2D eigenvalue weighted by Crippen LogP contribution is 2.44. The normalized spacial score (nSPS) is 19.2. The van der Waals surface area contributed by atoms with Crippen molar-refractivity contribution >= 4 is 33.9 Å². The Morgan fingerprint density at radius 2 is 1.76 bits per heavy atom. The maximum Gasteiger partial charge on any atom is 0.301 e. The average molecular weight is 478 g/mol. The number of amides is 1. The molecule has 34 heavy (non-hydrogen) atoms. The third-order valence-corrected chi connectivity index (χ3v) is 6.74. The number of anilines is 1. The van der Waals surface area contributed by atoms with Gasteiger partial charge >= 0.3 is 5.91 Å². The molecule has 2 aliphatic rings. The van der Waals surface area contributed by atoms with E-state index in [1.54, 1.807) is 25.1 Å². The van der Waals surface area contributed by atoms with E-state index in [1.807, 2.05) is 24.3 Å². The van der Waals surface area contributed by atoms with E-state index >= 15 is 0 Å². The number of nitrogens with zero attached hydrogens (tertiary/aromatic N) is 3. The Morgan fingerprint density at radius 1 is 1.06 bits per heavy atom. The van der Waals surface area contributed by atoms with Crippen LogP contribution in [0.2, 0.25) is 0 Å². The number of hydrogen-bond donors (Lipinski definition) is 1. The lowest BCUT2D eigenvalue weighted by Crippen LogP contribution is -2.29. The van der Waals surface area contributed by atoms with Crippen LogP contribution in [0.4, 0.5) is 5.13 Å². The first-order valence-corrected chi connectivity index (χ1v) is 11.8. The van der Waals surface area contributed by atoms with Gasteiger partial charge in [-0.3, -0.25) is 14.5 Å². The molecule has 0 saturated carbocycles. The van der Waals surface area contributed by atoms with Crippen LogP contribution in [0.25, 0.3) is 5.76 Å². The molecule has 1 saturated heterocycles. The predicted octanol–water partition coefficient (Wildman–Crippen LogP) is 4.37. The van der Waals surface area contributed by atoms with Gasteiger partial charge < -0.3 is 14.6 Å². The van der Waals surface area contributed by atoms with Gasteiger partial charge in [-0.05, 0) is 42.2 Å². The van der Waals surface area contributed by atoms with E-state index in [4.69, 9.17) is 9.47 Å². The number of aliphatic hydroxyl groups excluding tert-OH is 1. The summed E-state index contributed by atoms with van der Waals surface area (Å²) in [5, 5.41) is 20.4. The highest BCUT2D eigenvalue weighted by atomic mass is 32.1. The molecule has 1 aromatic heterocycles. The Morgan fingerprint density at radius 3 is 2.41 bits per heavy atom. The number of carbonyl (C=O) groups excluding carboxylic acids is 2. The number of ketones is 1. The molecule has 0 radical (unpaired) electrons.